The van der Waals surface area contributed by atoms with Crippen molar-refractivity contribution >= 4 is 27.5 Å². The Balaban J connectivity index is 1.63. The minimum absolute atomic E-state index is 0.00878. The number of ether oxygens (including phenoxy) is 1. The second-order valence-electron chi connectivity index (χ2n) is 9.44. The molecule has 0 aromatic carbocycles. The van der Waals surface area contributed by atoms with Crippen LogP contribution in [0.2, 0.25) is 0 Å². The van der Waals surface area contributed by atoms with Crippen LogP contribution in [0, 0.1) is 0 Å². The highest BCUT2D eigenvalue weighted by atomic mass is 32.1. The highest BCUT2D eigenvalue weighted by molar-refractivity contribution is 7.20. The molecule has 4 rings (SSSR count). The molecule has 0 unspecified atom stereocenters. The number of hydrogen-bond acceptors (Lipinski definition) is 6. The van der Waals surface area contributed by atoms with E-state index in [-0.39, 0.29) is 23.5 Å². The molecular weight excluding hydrogens is 410 g/mol. The maximum Gasteiger partial charge on any atom is 0.262 e. The summed E-state index contributed by atoms with van der Waals surface area (Å²) in [7, 11) is 0. The topological polar surface area (TPSA) is 83.1 Å². The molecule has 1 atom stereocenters. The summed E-state index contributed by atoms with van der Waals surface area (Å²) in [6, 6.07) is 4.03. The summed E-state index contributed by atoms with van der Waals surface area (Å²) in [4.78, 5) is 21.4. The molecule has 3 aromatic rings. The smallest absolute Gasteiger partial charge is 0.262 e. The molecule has 7 nitrogen and oxygen atoms in total. The number of morpholine rings is 1. The van der Waals surface area contributed by atoms with Crippen molar-refractivity contribution in [1.29, 1.82) is 0 Å². The fourth-order valence-corrected chi connectivity index (χ4v) is 5.21. The Kier molecular flexibility index (Phi) is 6.14. The van der Waals surface area contributed by atoms with Gasteiger partial charge in [0.05, 0.1) is 18.9 Å². The SMILES string of the molecule is CC(C)NC(=O)c1sc2ncccc2c1[C@@H]1CN(Cc2cn[nH]c2C(C)(C)C)CCO1. The van der Waals surface area contributed by atoms with Crippen LogP contribution >= 0.6 is 11.3 Å². The largest absolute Gasteiger partial charge is 0.371 e. The number of carbonyl (C=O) groups is 1. The van der Waals surface area contributed by atoms with Crippen LogP contribution in [-0.4, -0.2) is 51.7 Å². The number of amides is 1. The lowest BCUT2D eigenvalue weighted by atomic mass is 9.89. The average molecular weight is 442 g/mol. The van der Waals surface area contributed by atoms with E-state index >= 15 is 0 Å². The van der Waals surface area contributed by atoms with Gasteiger partial charge < -0.3 is 10.1 Å². The van der Waals surface area contributed by atoms with E-state index < -0.39 is 0 Å². The van der Waals surface area contributed by atoms with Crippen molar-refractivity contribution in [2.24, 2.45) is 0 Å². The highest BCUT2D eigenvalue weighted by Gasteiger charge is 2.31. The summed E-state index contributed by atoms with van der Waals surface area (Å²) < 4.78 is 6.21. The number of nitrogens with zero attached hydrogens (tertiary/aromatic N) is 3. The first-order chi connectivity index (χ1) is 14.7. The summed E-state index contributed by atoms with van der Waals surface area (Å²) in [5.74, 6) is -0.0569. The first-order valence-electron chi connectivity index (χ1n) is 10.8. The predicted octanol–water partition coefficient (Wildman–Crippen LogP) is 4.03. The lowest BCUT2D eigenvalue weighted by Gasteiger charge is -2.34. The van der Waals surface area contributed by atoms with Crippen LogP contribution in [0.1, 0.15) is 67.2 Å². The van der Waals surface area contributed by atoms with Gasteiger partial charge >= 0.3 is 0 Å². The monoisotopic (exact) mass is 441 g/mol. The quantitative estimate of drug-likeness (QED) is 0.625. The maximum atomic E-state index is 13.0. The standard InChI is InChI=1S/C23H31N5O2S/c1-14(2)26-21(29)19-18(16-7-6-8-24-22(16)31-19)17-13-28(9-10-30-17)12-15-11-25-27-20(15)23(3,4)5/h6-8,11,14,17H,9-10,12-13H2,1-5H3,(H,25,27)(H,26,29)/t17-/m0/s1. The van der Waals surface area contributed by atoms with Crippen LogP contribution in [0.25, 0.3) is 10.2 Å². The maximum absolute atomic E-state index is 13.0. The van der Waals surface area contributed by atoms with Crippen molar-refractivity contribution < 1.29 is 9.53 Å². The molecule has 1 saturated heterocycles. The van der Waals surface area contributed by atoms with Crippen molar-refractivity contribution in [3.05, 3.63) is 46.2 Å². The van der Waals surface area contributed by atoms with Gasteiger partial charge in [0, 0.05) is 59.5 Å². The zero-order valence-electron chi connectivity index (χ0n) is 18.9. The van der Waals surface area contributed by atoms with E-state index in [1.165, 1.54) is 16.9 Å². The molecule has 4 heterocycles. The fourth-order valence-electron chi connectivity index (χ4n) is 4.11. The van der Waals surface area contributed by atoms with Gasteiger partial charge in [0.25, 0.3) is 5.91 Å². The molecule has 0 radical (unpaired) electrons. The Hall–Kier alpha value is -2.29. The van der Waals surface area contributed by atoms with Gasteiger partial charge in [0.1, 0.15) is 9.71 Å². The van der Waals surface area contributed by atoms with E-state index in [9.17, 15) is 4.79 Å². The third kappa shape index (κ3) is 4.66. The van der Waals surface area contributed by atoms with Crippen molar-refractivity contribution in [3.63, 3.8) is 0 Å². The summed E-state index contributed by atoms with van der Waals surface area (Å²) in [6.45, 7) is 13.5. The number of nitrogens with one attached hydrogen (secondary N) is 2. The third-order valence-corrected chi connectivity index (χ3v) is 6.59. The van der Waals surface area contributed by atoms with Crippen molar-refractivity contribution in [2.45, 2.75) is 58.7 Å². The Morgan fingerprint density at radius 3 is 2.97 bits per heavy atom. The second kappa shape index (κ2) is 8.68. The van der Waals surface area contributed by atoms with Crippen LogP contribution < -0.4 is 5.32 Å². The van der Waals surface area contributed by atoms with Crippen LogP contribution in [0.15, 0.2) is 24.5 Å². The fraction of sp³-hybridized carbons (Fsp3) is 0.522. The number of pyridine rings is 1. The van der Waals surface area contributed by atoms with E-state index in [0.29, 0.717) is 11.5 Å². The van der Waals surface area contributed by atoms with Crippen LogP contribution in [0.3, 0.4) is 0 Å². The number of rotatable bonds is 5. The average Bonchev–Trinajstić information content (AvgIpc) is 3.32. The molecular formula is C23H31N5O2S. The summed E-state index contributed by atoms with van der Waals surface area (Å²) >= 11 is 1.44. The van der Waals surface area contributed by atoms with E-state index in [1.807, 2.05) is 32.2 Å². The summed E-state index contributed by atoms with van der Waals surface area (Å²) in [6.07, 6.45) is 3.52. The van der Waals surface area contributed by atoms with Gasteiger partial charge in [0.2, 0.25) is 0 Å². The molecule has 31 heavy (non-hydrogen) atoms. The molecule has 1 amide bonds. The molecule has 0 saturated carbocycles. The van der Waals surface area contributed by atoms with Gasteiger partial charge in [-0.3, -0.25) is 14.8 Å². The van der Waals surface area contributed by atoms with Gasteiger partial charge in [0.15, 0.2) is 0 Å². The molecule has 8 heteroatoms. The van der Waals surface area contributed by atoms with Crippen LogP contribution in [-0.2, 0) is 16.7 Å². The zero-order chi connectivity index (χ0) is 22.2. The zero-order valence-corrected chi connectivity index (χ0v) is 19.7. The first-order valence-corrected chi connectivity index (χ1v) is 11.6. The minimum Gasteiger partial charge on any atom is -0.371 e. The van der Waals surface area contributed by atoms with Gasteiger partial charge in [-0.25, -0.2) is 4.98 Å². The van der Waals surface area contributed by atoms with Gasteiger partial charge in [-0.15, -0.1) is 11.3 Å². The minimum atomic E-state index is -0.176. The number of carbonyl (C=O) groups excluding carboxylic acids is 1. The Bertz CT molecular complexity index is 1070. The summed E-state index contributed by atoms with van der Waals surface area (Å²) in [5.41, 5.74) is 3.34. The van der Waals surface area contributed by atoms with Crippen LogP contribution in [0.4, 0.5) is 0 Å². The Labute approximate surface area is 187 Å². The van der Waals surface area contributed by atoms with Crippen molar-refractivity contribution in [1.82, 2.24) is 25.4 Å². The van der Waals surface area contributed by atoms with Gasteiger partial charge in [-0.2, -0.15) is 5.10 Å². The normalized spacial score (nSPS) is 18.1. The van der Waals surface area contributed by atoms with Gasteiger partial charge in [-0.05, 0) is 19.9 Å². The number of aromatic amines is 1. The molecule has 1 aliphatic heterocycles. The lowest BCUT2D eigenvalue weighted by molar-refractivity contribution is -0.0324. The number of aromatic nitrogens is 3. The molecule has 0 aliphatic carbocycles. The molecule has 166 valence electrons. The number of hydrogen-bond donors (Lipinski definition) is 2. The number of fused-ring (bicyclic) bond motifs is 1. The molecule has 0 bridgehead atoms. The molecule has 3 aromatic heterocycles. The molecule has 2 N–H and O–H groups in total. The Morgan fingerprint density at radius 2 is 2.23 bits per heavy atom. The molecule has 1 aliphatic rings. The predicted molar refractivity (Wildman–Crippen MR) is 123 cm³/mol. The van der Waals surface area contributed by atoms with Crippen molar-refractivity contribution in [3.8, 4) is 0 Å². The lowest BCUT2D eigenvalue weighted by Crippen LogP contribution is -2.39. The van der Waals surface area contributed by atoms with E-state index in [1.54, 1.807) is 6.20 Å². The van der Waals surface area contributed by atoms with E-state index in [2.05, 4.69) is 46.2 Å². The highest BCUT2D eigenvalue weighted by Crippen LogP contribution is 2.37. The number of H-pyrrole nitrogens is 1. The van der Waals surface area contributed by atoms with E-state index in [4.69, 9.17) is 4.74 Å². The summed E-state index contributed by atoms with van der Waals surface area (Å²) in [5, 5.41) is 11.5. The second-order valence-corrected chi connectivity index (χ2v) is 10.4. The molecule has 0 spiro atoms. The van der Waals surface area contributed by atoms with Crippen LogP contribution in [0.5, 0.6) is 0 Å². The van der Waals surface area contributed by atoms with Gasteiger partial charge in [-0.1, -0.05) is 26.8 Å². The number of thiophene rings is 1. The third-order valence-electron chi connectivity index (χ3n) is 5.47. The first kappa shape index (κ1) is 21.9. The molecule has 1 fully saturated rings. The Morgan fingerprint density at radius 1 is 1.42 bits per heavy atom. The van der Waals surface area contributed by atoms with E-state index in [0.717, 1.165) is 41.1 Å². The van der Waals surface area contributed by atoms with Crippen molar-refractivity contribution in [2.75, 3.05) is 19.7 Å².